The molecule has 0 aliphatic carbocycles. The number of hydrogen-bond donors (Lipinski definition) is 1. The van der Waals surface area contributed by atoms with Crippen molar-refractivity contribution in [3.05, 3.63) is 69.8 Å². The minimum Gasteiger partial charge on any atom is -0.507 e. The van der Waals surface area contributed by atoms with Gasteiger partial charge in [-0.25, -0.2) is 0 Å². The van der Waals surface area contributed by atoms with Crippen molar-refractivity contribution in [2.75, 3.05) is 26.2 Å². The molecular formula is C20H21N3O5. The first kappa shape index (κ1) is 18.4. The maximum absolute atomic E-state index is 12.9. The Labute approximate surface area is 162 Å². The topological polar surface area (TPSA) is 96.1 Å². The number of morpholine rings is 1. The molecule has 2 atom stereocenters. The van der Waals surface area contributed by atoms with Gasteiger partial charge in [-0.1, -0.05) is 30.3 Å². The van der Waals surface area contributed by atoms with Gasteiger partial charge in [0.25, 0.3) is 11.6 Å². The highest BCUT2D eigenvalue weighted by molar-refractivity contribution is 5.97. The summed E-state index contributed by atoms with van der Waals surface area (Å²) in [6, 6.07) is 13.8. The van der Waals surface area contributed by atoms with Crippen LogP contribution in [-0.2, 0) is 11.3 Å². The van der Waals surface area contributed by atoms with E-state index in [1.165, 1.54) is 17.7 Å². The molecule has 1 N–H and O–H groups in total. The molecule has 0 bridgehead atoms. The molecule has 2 saturated heterocycles. The molecule has 146 valence electrons. The van der Waals surface area contributed by atoms with Gasteiger partial charge in [-0.2, -0.15) is 0 Å². The van der Waals surface area contributed by atoms with Crippen molar-refractivity contribution in [1.82, 2.24) is 9.80 Å². The zero-order valence-corrected chi connectivity index (χ0v) is 15.2. The monoisotopic (exact) mass is 383 g/mol. The van der Waals surface area contributed by atoms with E-state index in [-0.39, 0.29) is 35.1 Å². The highest BCUT2D eigenvalue weighted by atomic mass is 16.6. The Hall–Kier alpha value is -2.97. The smallest absolute Gasteiger partial charge is 0.273 e. The van der Waals surface area contributed by atoms with Gasteiger partial charge in [0.15, 0.2) is 0 Å². The number of nitro groups is 1. The van der Waals surface area contributed by atoms with Crippen LogP contribution in [0.3, 0.4) is 0 Å². The molecular weight excluding hydrogens is 362 g/mol. The van der Waals surface area contributed by atoms with Crippen LogP contribution >= 0.6 is 0 Å². The maximum Gasteiger partial charge on any atom is 0.273 e. The number of rotatable bonds is 4. The number of likely N-dealkylation sites (tertiary alicyclic amines) is 1. The number of phenolic OH excluding ortho intramolecular Hbond substituents is 1. The molecule has 2 aromatic rings. The summed E-state index contributed by atoms with van der Waals surface area (Å²) in [5.41, 5.74) is 1.03. The number of aromatic hydroxyl groups is 1. The average Bonchev–Trinajstić information content (AvgIpc) is 3.13. The summed E-state index contributed by atoms with van der Waals surface area (Å²) in [5.74, 6) is -0.721. The van der Waals surface area contributed by atoms with Gasteiger partial charge in [-0.3, -0.25) is 19.8 Å². The Morgan fingerprint density at radius 1 is 1.21 bits per heavy atom. The van der Waals surface area contributed by atoms with Crippen LogP contribution in [0.2, 0.25) is 0 Å². The van der Waals surface area contributed by atoms with E-state index in [4.69, 9.17) is 4.74 Å². The van der Waals surface area contributed by atoms with Crippen molar-refractivity contribution in [3.63, 3.8) is 0 Å². The summed E-state index contributed by atoms with van der Waals surface area (Å²) in [4.78, 5) is 27.1. The van der Waals surface area contributed by atoms with Crippen LogP contribution in [0.1, 0.15) is 15.9 Å². The third kappa shape index (κ3) is 3.56. The molecule has 2 unspecified atom stereocenters. The van der Waals surface area contributed by atoms with Crippen LogP contribution in [0.25, 0.3) is 0 Å². The molecule has 4 rings (SSSR count). The number of fused-ring (bicyclic) bond motifs is 1. The van der Waals surface area contributed by atoms with Crippen molar-refractivity contribution in [2.24, 2.45) is 0 Å². The van der Waals surface area contributed by atoms with Crippen molar-refractivity contribution >= 4 is 11.6 Å². The Kier molecular flexibility index (Phi) is 4.97. The lowest BCUT2D eigenvalue weighted by molar-refractivity contribution is -0.384. The molecule has 0 radical (unpaired) electrons. The van der Waals surface area contributed by atoms with Gasteiger partial charge in [0.1, 0.15) is 5.75 Å². The highest BCUT2D eigenvalue weighted by Gasteiger charge is 2.42. The van der Waals surface area contributed by atoms with Gasteiger partial charge in [0.05, 0.1) is 35.3 Å². The summed E-state index contributed by atoms with van der Waals surface area (Å²) in [6.45, 7) is 3.12. The summed E-state index contributed by atoms with van der Waals surface area (Å²) in [7, 11) is 0. The van der Waals surface area contributed by atoms with E-state index in [2.05, 4.69) is 17.0 Å². The fourth-order valence-corrected chi connectivity index (χ4v) is 3.92. The number of non-ortho nitro benzene ring substituents is 1. The first-order valence-electron chi connectivity index (χ1n) is 9.19. The van der Waals surface area contributed by atoms with Crippen molar-refractivity contribution in [1.29, 1.82) is 0 Å². The first-order valence-corrected chi connectivity index (χ1v) is 9.19. The summed E-state index contributed by atoms with van der Waals surface area (Å²) in [5, 5.41) is 20.9. The number of phenols is 1. The SMILES string of the molecule is O=C(c1ccc([N+](=O)[O-])cc1O)N1CC2OCCN(Cc3ccccc3)C2C1. The lowest BCUT2D eigenvalue weighted by Crippen LogP contribution is -2.50. The van der Waals surface area contributed by atoms with Crippen LogP contribution < -0.4 is 0 Å². The zero-order valence-electron chi connectivity index (χ0n) is 15.2. The van der Waals surface area contributed by atoms with Gasteiger partial charge in [-0.05, 0) is 11.6 Å². The van der Waals surface area contributed by atoms with E-state index < -0.39 is 4.92 Å². The number of nitro benzene ring substituents is 1. The van der Waals surface area contributed by atoms with E-state index in [1.807, 2.05) is 18.2 Å². The largest absolute Gasteiger partial charge is 0.507 e. The quantitative estimate of drug-likeness (QED) is 0.641. The summed E-state index contributed by atoms with van der Waals surface area (Å²) in [6.07, 6.45) is -0.0818. The molecule has 8 nitrogen and oxygen atoms in total. The summed E-state index contributed by atoms with van der Waals surface area (Å²) < 4.78 is 5.88. The predicted octanol–water partition coefficient (Wildman–Crippen LogP) is 2.03. The van der Waals surface area contributed by atoms with E-state index in [9.17, 15) is 20.0 Å². The number of carbonyl (C=O) groups is 1. The maximum atomic E-state index is 12.9. The van der Waals surface area contributed by atoms with E-state index in [0.29, 0.717) is 19.7 Å². The van der Waals surface area contributed by atoms with Crippen molar-refractivity contribution < 1.29 is 19.6 Å². The lowest BCUT2D eigenvalue weighted by Gasteiger charge is -2.36. The fraction of sp³-hybridized carbons (Fsp3) is 0.350. The number of nitrogens with zero attached hydrogens (tertiary/aromatic N) is 3. The average molecular weight is 383 g/mol. The van der Waals surface area contributed by atoms with Gasteiger partial charge >= 0.3 is 0 Å². The molecule has 2 aliphatic rings. The number of ether oxygens (including phenoxy) is 1. The molecule has 2 fully saturated rings. The highest BCUT2D eigenvalue weighted by Crippen LogP contribution is 2.29. The van der Waals surface area contributed by atoms with Gasteiger partial charge in [0, 0.05) is 32.2 Å². The molecule has 0 saturated carbocycles. The van der Waals surface area contributed by atoms with E-state index in [0.717, 1.165) is 19.2 Å². The number of benzene rings is 2. The third-order valence-electron chi connectivity index (χ3n) is 5.35. The molecule has 0 spiro atoms. The van der Waals surface area contributed by atoms with Gasteiger partial charge < -0.3 is 14.7 Å². The van der Waals surface area contributed by atoms with Crippen LogP contribution in [0.5, 0.6) is 5.75 Å². The predicted molar refractivity (Wildman–Crippen MR) is 101 cm³/mol. The number of hydrogen-bond acceptors (Lipinski definition) is 6. The van der Waals surface area contributed by atoms with Crippen molar-refractivity contribution in [2.45, 2.75) is 18.7 Å². The molecule has 2 heterocycles. The lowest BCUT2D eigenvalue weighted by atomic mass is 10.1. The number of carbonyl (C=O) groups excluding carboxylic acids is 1. The number of amides is 1. The van der Waals surface area contributed by atoms with E-state index >= 15 is 0 Å². The van der Waals surface area contributed by atoms with E-state index in [1.54, 1.807) is 4.90 Å². The molecule has 0 aromatic heterocycles. The van der Waals surface area contributed by atoms with Crippen LogP contribution in [0, 0.1) is 10.1 Å². The van der Waals surface area contributed by atoms with Gasteiger partial charge in [-0.15, -0.1) is 0 Å². The van der Waals surface area contributed by atoms with Crippen LogP contribution in [0.15, 0.2) is 48.5 Å². The minimum atomic E-state index is -0.603. The van der Waals surface area contributed by atoms with Crippen molar-refractivity contribution in [3.8, 4) is 5.75 Å². The molecule has 2 aromatic carbocycles. The normalized spacial score (nSPS) is 22.1. The van der Waals surface area contributed by atoms with Crippen LogP contribution in [-0.4, -0.2) is 64.1 Å². The second-order valence-electron chi connectivity index (χ2n) is 7.10. The fourth-order valence-electron chi connectivity index (χ4n) is 3.92. The molecule has 8 heteroatoms. The Balaban J connectivity index is 1.49. The summed E-state index contributed by atoms with van der Waals surface area (Å²) >= 11 is 0. The standard InChI is InChI=1S/C20H21N3O5/c24-18-10-15(23(26)27)6-7-16(18)20(25)22-12-17-19(13-22)28-9-8-21(17)11-14-4-2-1-3-5-14/h1-7,10,17,19,24H,8-9,11-13H2. The molecule has 2 aliphatic heterocycles. The Morgan fingerprint density at radius 2 is 2.00 bits per heavy atom. The first-order chi connectivity index (χ1) is 13.5. The zero-order chi connectivity index (χ0) is 19.7. The minimum absolute atomic E-state index is 0.0684. The van der Waals surface area contributed by atoms with Gasteiger partial charge in [0.2, 0.25) is 0 Å². The third-order valence-corrected chi connectivity index (χ3v) is 5.35. The Bertz CT molecular complexity index is 889. The molecule has 28 heavy (non-hydrogen) atoms. The second-order valence-corrected chi connectivity index (χ2v) is 7.10. The van der Waals surface area contributed by atoms with Crippen LogP contribution in [0.4, 0.5) is 5.69 Å². The molecule has 1 amide bonds. The second kappa shape index (κ2) is 7.57. The Morgan fingerprint density at radius 3 is 2.71 bits per heavy atom.